The van der Waals surface area contributed by atoms with Gasteiger partial charge in [-0.05, 0) is 6.92 Å². The summed E-state index contributed by atoms with van der Waals surface area (Å²) in [4.78, 5) is 17.3. The SMILES string of the molecule is CCN(C(C)=O)c1nc(CNCCS(N)(=O)=O)cs1. The van der Waals surface area contributed by atoms with E-state index in [-0.39, 0.29) is 18.2 Å². The summed E-state index contributed by atoms with van der Waals surface area (Å²) in [6.45, 7) is 4.67. The molecular formula is C10H18N4O3S2. The van der Waals surface area contributed by atoms with Crippen molar-refractivity contribution in [1.82, 2.24) is 10.3 Å². The van der Waals surface area contributed by atoms with Gasteiger partial charge in [0, 0.05) is 31.9 Å². The first-order valence-electron chi connectivity index (χ1n) is 5.77. The highest BCUT2D eigenvalue weighted by molar-refractivity contribution is 7.89. The zero-order valence-corrected chi connectivity index (χ0v) is 12.6. The highest BCUT2D eigenvalue weighted by atomic mass is 32.2. The Kier molecular flexibility index (Phi) is 5.85. The Morgan fingerprint density at radius 2 is 2.26 bits per heavy atom. The molecule has 0 radical (unpaired) electrons. The van der Waals surface area contributed by atoms with Crippen LogP contribution in [0.15, 0.2) is 5.38 Å². The van der Waals surface area contributed by atoms with Gasteiger partial charge in [0.2, 0.25) is 15.9 Å². The van der Waals surface area contributed by atoms with E-state index in [0.29, 0.717) is 18.2 Å². The van der Waals surface area contributed by atoms with Gasteiger partial charge in [-0.3, -0.25) is 9.69 Å². The van der Waals surface area contributed by atoms with E-state index in [2.05, 4.69) is 10.3 Å². The first kappa shape index (κ1) is 16.0. The first-order chi connectivity index (χ1) is 8.83. The minimum absolute atomic E-state index is 0.0504. The van der Waals surface area contributed by atoms with Gasteiger partial charge >= 0.3 is 0 Å². The van der Waals surface area contributed by atoms with Crippen molar-refractivity contribution in [3.05, 3.63) is 11.1 Å². The van der Waals surface area contributed by atoms with Crippen LogP contribution in [0.3, 0.4) is 0 Å². The number of hydrogen-bond acceptors (Lipinski definition) is 6. The summed E-state index contributed by atoms with van der Waals surface area (Å²) in [5.74, 6) is -0.163. The highest BCUT2D eigenvalue weighted by Gasteiger charge is 2.13. The molecule has 0 spiro atoms. The second kappa shape index (κ2) is 6.94. The third kappa shape index (κ3) is 5.64. The Morgan fingerprint density at radius 3 is 2.79 bits per heavy atom. The smallest absolute Gasteiger partial charge is 0.225 e. The van der Waals surface area contributed by atoms with Gasteiger partial charge < -0.3 is 5.32 Å². The van der Waals surface area contributed by atoms with E-state index in [1.54, 1.807) is 4.90 Å². The fraction of sp³-hybridized carbons (Fsp3) is 0.600. The average Bonchev–Trinajstić information content (AvgIpc) is 2.72. The molecule has 1 heterocycles. The third-order valence-electron chi connectivity index (χ3n) is 2.34. The third-order valence-corrected chi connectivity index (χ3v) is 4.02. The van der Waals surface area contributed by atoms with Gasteiger partial charge in [-0.15, -0.1) is 11.3 Å². The minimum Gasteiger partial charge on any atom is -0.310 e. The van der Waals surface area contributed by atoms with Crippen molar-refractivity contribution in [1.29, 1.82) is 0 Å². The van der Waals surface area contributed by atoms with Crippen molar-refractivity contribution < 1.29 is 13.2 Å². The zero-order chi connectivity index (χ0) is 14.5. The summed E-state index contributed by atoms with van der Waals surface area (Å²) in [5, 5.41) is 10.3. The fourth-order valence-corrected chi connectivity index (χ4v) is 2.79. The van der Waals surface area contributed by atoms with Crippen molar-refractivity contribution in [2.75, 3.05) is 23.7 Å². The lowest BCUT2D eigenvalue weighted by Gasteiger charge is -2.14. The van der Waals surface area contributed by atoms with E-state index in [0.717, 1.165) is 5.69 Å². The molecule has 1 amide bonds. The molecule has 7 nitrogen and oxygen atoms in total. The second-order valence-electron chi connectivity index (χ2n) is 3.93. The number of nitrogens with zero attached hydrogens (tertiary/aromatic N) is 2. The Balaban J connectivity index is 2.49. The van der Waals surface area contributed by atoms with E-state index < -0.39 is 10.0 Å². The van der Waals surface area contributed by atoms with Crippen LogP contribution in [0.5, 0.6) is 0 Å². The van der Waals surface area contributed by atoms with E-state index in [1.165, 1.54) is 18.3 Å². The van der Waals surface area contributed by atoms with Crippen LogP contribution < -0.4 is 15.4 Å². The summed E-state index contributed by atoms with van der Waals surface area (Å²) in [7, 11) is -3.44. The summed E-state index contributed by atoms with van der Waals surface area (Å²) >= 11 is 1.39. The maximum Gasteiger partial charge on any atom is 0.225 e. The number of nitrogens with one attached hydrogen (secondary N) is 1. The maximum atomic E-state index is 11.4. The van der Waals surface area contributed by atoms with Crippen LogP contribution in [0.4, 0.5) is 5.13 Å². The molecule has 0 fully saturated rings. The monoisotopic (exact) mass is 306 g/mol. The first-order valence-corrected chi connectivity index (χ1v) is 8.36. The van der Waals surface area contributed by atoms with E-state index in [4.69, 9.17) is 5.14 Å². The van der Waals surface area contributed by atoms with Crippen molar-refractivity contribution >= 4 is 32.4 Å². The molecule has 108 valence electrons. The molecule has 0 atom stereocenters. The lowest BCUT2D eigenvalue weighted by molar-refractivity contribution is -0.116. The molecule has 9 heteroatoms. The molecule has 0 aliphatic carbocycles. The highest BCUT2D eigenvalue weighted by Crippen LogP contribution is 2.20. The molecule has 3 N–H and O–H groups in total. The number of hydrogen-bond donors (Lipinski definition) is 2. The molecule has 0 aliphatic rings. The normalized spacial score (nSPS) is 11.5. The molecule has 0 aliphatic heterocycles. The van der Waals surface area contributed by atoms with Crippen molar-refractivity contribution in [2.45, 2.75) is 20.4 Å². The number of carbonyl (C=O) groups is 1. The van der Waals surface area contributed by atoms with Gasteiger partial charge in [-0.25, -0.2) is 18.5 Å². The number of rotatable bonds is 7. The second-order valence-corrected chi connectivity index (χ2v) is 6.50. The van der Waals surface area contributed by atoms with E-state index >= 15 is 0 Å². The molecule has 0 saturated carbocycles. The Morgan fingerprint density at radius 1 is 1.58 bits per heavy atom. The lowest BCUT2D eigenvalue weighted by Crippen LogP contribution is -2.28. The number of sulfonamides is 1. The summed E-state index contributed by atoms with van der Waals surface area (Å²) in [5.41, 5.74) is 0.772. The fourth-order valence-electron chi connectivity index (χ4n) is 1.42. The van der Waals surface area contributed by atoms with Gasteiger partial charge in [0.1, 0.15) is 0 Å². The summed E-state index contributed by atoms with van der Waals surface area (Å²) in [6, 6.07) is 0. The lowest BCUT2D eigenvalue weighted by atomic mass is 10.5. The van der Waals surface area contributed by atoms with Crippen LogP contribution in [0.2, 0.25) is 0 Å². The van der Waals surface area contributed by atoms with Crippen LogP contribution in [0, 0.1) is 0 Å². The summed E-state index contributed by atoms with van der Waals surface area (Å²) < 4.78 is 21.5. The Hall–Kier alpha value is -1.03. The molecule has 0 unspecified atom stereocenters. The number of anilines is 1. The number of nitrogens with two attached hydrogens (primary N) is 1. The Bertz CT molecular complexity index is 527. The summed E-state index contributed by atoms with van der Waals surface area (Å²) in [6.07, 6.45) is 0. The molecule has 1 aromatic rings. The Labute approximate surface area is 116 Å². The number of carbonyl (C=O) groups excluding carboxylic acids is 1. The number of thiazole rings is 1. The number of aromatic nitrogens is 1. The minimum atomic E-state index is -3.44. The van der Waals surface area contributed by atoms with Crippen molar-refractivity contribution in [2.24, 2.45) is 5.14 Å². The average molecular weight is 306 g/mol. The zero-order valence-electron chi connectivity index (χ0n) is 10.9. The van der Waals surface area contributed by atoms with Gasteiger partial charge in [0.05, 0.1) is 11.4 Å². The molecule has 19 heavy (non-hydrogen) atoms. The maximum absolute atomic E-state index is 11.4. The molecular weight excluding hydrogens is 288 g/mol. The predicted molar refractivity (Wildman–Crippen MR) is 75.5 cm³/mol. The number of amides is 1. The van der Waals surface area contributed by atoms with E-state index in [9.17, 15) is 13.2 Å². The standard InChI is InChI=1S/C10H18N4O3S2/c1-3-14(8(2)15)10-13-9(7-18-10)6-12-4-5-19(11,16)17/h7,12H,3-6H2,1-2H3,(H2,11,16,17). The number of primary sulfonamides is 1. The molecule has 0 bridgehead atoms. The van der Waals surface area contributed by atoms with Crippen LogP contribution in [0.25, 0.3) is 0 Å². The molecule has 0 saturated heterocycles. The van der Waals surface area contributed by atoms with E-state index in [1.807, 2.05) is 12.3 Å². The predicted octanol–water partition coefficient (Wildman–Crippen LogP) is -0.106. The van der Waals surface area contributed by atoms with Gasteiger partial charge in [-0.1, -0.05) is 0 Å². The van der Waals surface area contributed by atoms with Gasteiger partial charge in [0.15, 0.2) is 5.13 Å². The quantitative estimate of drug-likeness (QED) is 0.684. The van der Waals surface area contributed by atoms with Crippen LogP contribution in [-0.2, 0) is 21.4 Å². The van der Waals surface area contributed by atoms with Crippen molar-refractivity contribution in [3.8, 4) is 0 Å². The van der Waals surface area contributed by atoms with Crippen LogP contribution in [-0.4, -0.2) is 38.2 Å². The largest absolute Gasteiger partial charge is 0.310 e. The van der Waals surface area contributed by atoms with Gasteiger partial charge in [0.25, 0.3) is 0 Å². The van der Waals surface area contributed by atoms with Crippen LogP contribution in [0.1, 0.15) is 19.5 Å². The molecule has 1 aromatic heterocycles. The molecule has 0 aromatic carbocycles. The topological polar surface area (TPSA) is 105 Å². The van der Waals surface area contributed by atoms with Crippen molar-refractivity contribution in [3.63, 3.8) is 0 Å². The molecule has 1 rings (SSSR count). The van der Waals surface area contributed by atoms with Gasteiger partial charge in [-0.2, -0.15) is 0 Å². The van der Waals surface area contributed by atoms with Crippen LogP contribution >= 0.6 is 11.3 Å².